The minimum Gasteiger partial charge on any atom is -0.441 e. The molecule has 0 saturated heterocycles. The zero-order valence-electron chi connectivity index (χ0n) is 12.2. The average Bonchev–Trinajstić information content (AvgIpc) is 2.48. The van der Waals surface area contributed by atoms with E-state index in [0.29, 0.717) is 12.2 Å². The van der Waals surface area contributed by atoms with Crippen molar-refractivity contribution in [2.24, 2.45) is 0 Å². The molecule has 1 unspecified atom stereocenters. The van der Waals surface area contributed by atoms with E-state index < -0.39 is 6.23 Å². The van der Waals surface area contributed by atoms with Crippen molar-refractivity contribution in [1.29, 1.82) is 0 Å². The van der Waals surface area contributed by atoms with Gasteiger partial charge in [0, 0.05) is 0 Å². The van der Waals surface area contributed by atoms with E-state index in [1.807, 2.05) is 55.5 Å². The molecule has 0 saturated carbocycles. The molecular formula is C17H19NO3. The summed E-state index contributed by atoms with van der Waals surface area (Å²) in [5.74, 6) is -0.364. The molecule has 4 heteroatoms. The molecule has 0 aromatic heterocycles. The first-order valence-corrected chi connectivity index (χ1v) is 6.84. The van der Waals surface area contributed by atoms with Crippen LogP contribution in [0, 0.1) is 6.92 Å². The first-order valence-electron chi connectivity index (χ1n) is 6.84. The van der Waals surface area contributed by atoms with E-state index in [4.69, 9.17) is 9.57 Å². The van der Waals surface area contributed by atoms with E-state index in [1.54, 1.807) is 13.0 Å². The van der Waals surface area contributed by atoms with Crippen LogP contribution in [-0.2, 0) is 16.2 Å². The monoisotopic (exact) mass is 285 g/mol. The minimum atomic E-state index is -0.527. The fourth-order valence-corrected chi connectivity index (χ4v) is 1.87. The lowest BCUT2D eigenvalue weighted by Crippen LogP contribution is -2.31. The van der Waals surface area contributed by atoms with Gasteiger partial charge in [-0.3, -0.25) is 4.84 Å². The lowest BCUT2D eigenvalue weighted by molar-refractivity contribution is -0.0690. The Hall–Kier alpha value is -2.17. The summed E-state index contributed by atoms with van der Waals surface area (Å²) in [6.07, 6.45) is -0.527. The molecule has 0 fully saturated rings. The Morgan fingerprint density at radius 2 is 1.76 bits per heavy atom. The van der Waals surface area contributed by atoms with E-state index in [9.17, 15) is 4.79 Å². The molecule has 1 atom stereocenters. The standard InChI is InChI=1S/C17H19NO3/c1-13-8-6-7-11-16(13)17(19)21-14(2)18-20-12-15-9-4-3-5-10-15/h3-11,14,18H,12H2,1-2H3. The van der Waals surface area contributed by atoms with Crippen molar-refractivity contribution in [3.05, 3.63) is 71.3 Å². The average molecular weight is 285 g/mol. The molecule has 0 amide bonds. The molecule has 2 aromatic rings. The minimum absolute atomic E-state index is 0.364. The summed E-state index contributed by atoms with van der Waals surface area (Å²) in [4.78, 5) is 17.3. The zero-order chi connectivity index (χ0) is 15.1. The summed E-state index contributed by atoms with van der Waals surface area (Å²) in [5.41, 5.74) is 5.20. The van der Waals surface area contributed by atoms with Gasteiger partial charge in [-0.2, -0.15) is 5.48 Å². The number of rotatable bonds is 6. The Labute approximate surface area is 124 Å². The molecular weight excluding hydrogens is 266 g/mol. The first-order chi connectivity index (χ1) is 10.2. The zero-order valence-corrected chi connectivity index (χ0v) is 12.2. The summed E-state index contributed by atoms with van der Waals surface area (Å²) in [7, 11) is 0. The molecule has 0 spiro atoms. The smallest absolute Gasteiger partial charge is 0.340 e. The molecule has 1 N–H and O–H groups in total. The third kappa shape index (κ3) is 4.70. The Bertz CT molecular complexity index is 584. The van der Waals surface area contributed by atoms with Crippen LogP contribution in [0.25, 0.3) is 0 Å². The fraction of sp³-hybridized carbons (Fsp3) is 0.235. The van der Waals surface area contributed by atoms with Gasteiger partial charge in [0.2, 0.25) is 0 Å². The number of hydrogen-bond donors (Lipinski definition) is 1. The Morgan fingerprint density at radius 1 is 1.10 bits per heavy atom. The van der Waals surface area contributed by atoms with E-state index in [1.165, 1.54) is 0 Å². The summed E-state index contributed by atoms with van der Waals surface area (Å²) in [5, 5.41) is 0. The molecule has 21 heavy (non-hydrogen) atoms. The van der Waals surface area contributed by atoms with Crippen LogP contribution in [0.5, 0.6) is 0 Å². The van der Waals surface area contributed by atoms with E-state index >= 15 is 0 Å². The fourth-order valence-electron chi connectivity index (χ4n) is 1.87. The Morgan fingerprint density at radius 3 is 2.48 bits per heavy atom. The number of nitrogens with one attached hydrogen (secondary N) is 1. The highest BCUT2D eigenvalue weighted by atomic mass is 16.7. The lowest BCUT2D eigenvalue weighted by atomic mass is 10.1. The molecule has 2 aromatic carbocycles. The molecule has 4 nitrogen and oxygen atoms in total. The van der Waals surface area contributed by atoms with Crippen LogP contribution in [-0.4, -0.2) is 12.2 Å². The maximum absolute atomic E-state index is 12.0. The van der Waals surface area contributed by atoms with E-state index in [0.717, 1.165) is 11.1 Å². The molecule has 0 aliphatic carbocycles. The van der Waals surface area contributed by atoms with Crippen molar-refractivity contribution >= 4 is 5.97 Å². The van der Waals surface area contributed by atoms with Crippen molar-refractivity contribution in [3.8, 4) is 0 Å². The molecule has 0 heterocycles. The number of benzene rings is 2. The second-order valence-electron chi connectivity index (χ2n) is 4.75. The third-order valence-corrected chi connectivity index (χ3v) is 2.98. The van der Waals surface area contributed by atoms with Gasteiger partial charge in [-0.15, -0.1) is 0 Å². The first kappa shape index (κ1) is 15.2. The topological polar surface area (TPSA) is 47.6 Å². The predicted octanol–water partition coefficient (Wildman–Crippen LogP) is 3.22. The van der Waals surface area contributed by atoms with Gasteiger partial charge < -0.3 is 4.74 Å². The maximum atomic E-state index is 12.0. The molecule has 110 valence electrons. The molecule has 0 bridgehead atoms. The third-order valence-electron chi connectivity index (χ3n) is 2.98. The second kappa shape index (κ2) is 7.57. The van der Waals surface area contributed by atoms with Gasteiger partial charge in [-0.1, -0.05) is 48.5 Å². The van der Waals surface area contributed by atoms with E-state index in [-0.39, 0.29) is 5.97 Å². The van der Waals surface area contributed by atoms with Crippen molar-refractivity contribution in [2.45, 2.75) is 26.7 Å². The van der Waals surface area contributed by atoms with Crippen LogP contribution in [0.3, 0.4) is 0 Å². The predicted molar refractivity (Wildman–Crippen MR) is 80.4 cm³/mol. The highest BCUT2D eigenvalue weighted by Crippen LogP contribution is 2.09. The summed E-state index contributed by atoms with van der Waals surface area (Å²) in [6, 6.07) is 17.1. The number of aryl methyl sites for hydroxylation is 1. The number of hydroxylamine groups is 1. The number of carbonyl (C=O) groups excluding carboxylic acids is 1. The van der Waals surface area contributed by atoms with Crippen molar-refractivity contribution < 1.29 is 14.4 Å². The van der Waals surface area contributed by atoms with Crippen LogP contribution < -0.4 is 5.48 Å². The molecule has 0 radical (unpaired) electrons. The summed E-state index contributed by atoms with van der Waals surface area (Å²) < 4.78 is 5.28. The van der Waals surface area contributed by atoms with Crippen LogP contribution in [0.15, 0.2) is 54.6 Å². The van der Waals surface area contributed by atoms with Gasteiger partial charge >= 0.3 is 5.97 Å². The number of carbonyl (C=O) groups is 1. The van der Waals surface area contributed by atoms with Crippen LogP contribution in [0.1, 0.15) is 28.4 Å². The quantitative estimate of drug-likeness (QED) is 0.503. The van der Waals surface area contributed by atoms with Crippen molar-refractivity contribution in [3.63, 3.8) is 0 Å². The normalized spacial score (nSPS) is 11.9. The number of hydrogen-bond acceptors (Lipinski definition) is 4. The Kier molecular flexibility index (Phi) is 5.49. The van der Waals surface area contributed by atoms with E-state index in [2.05, 4.69) is 5.48 Å². The number of ether oxygens (including phenoxy) is 1. The number of esters is 1. The van der Waals surface area contributed by atoms with Crippen molar-refractivity contribution in [2.75, 3.05) is 0 Å². The SMILES string of the molecule is Cc1ccccc1C(=O)OC(C)NOCc1ccccc1. The van der Waals surface area contributed by atoms with Crippen molar-refractivity contribution in [1.82, 2.24) is 5.48 Å². The highest BCUT2D eigenvalue weighted by molar-refractivity contribution is 5.91. The van der Waals surface area contributed by atoms with Gasteiger partial charge in [-0.05, 0) is 31.0 Å². The van der Waals surface area contributed by atoms with Gasteiger partial charge in [0.1, 0.15) is 0 Å². The Balaban J connectivity index is 1.78. The molecule has 0 aliphatic rings. The van der Waals surface area contributed by atoms with Crippen LogP contribution in [0.2, 0.25) is 0 Å². The largest absolute Gasteiger partial charge is 0.441 e. The summed E-state index contributed by atoms with van der Waals surface area (Å²) in [6.45, 7) is 4.01. The van der Waals surface area contributed by atoms with Gasteiger partial charge in [0.25, 0.3) is 0 Å². The highest BCUT2D eigenvalue weighted by Gasteiger charge is 2.13. The van der Waals surface area contributed by atoms with Crippen LogP contribution >= 0.6 is 0 Å². The molecule has 2 rings (SSSR count). The maximum Gasteiger partial charge on any atom is 0.340 e. The lowest BCUT2D eigenvalue weighted by Gasteiger charge is -2.15. The second-order valence-corrected chi connectivity index (χ2v) is 4.75. The van der Waals surface area contributed by atoms with Gasteiger partial charge in [0.15, 0.2) is 6.23 Å². The van der Waals surface area contributed by atoms with Gasteiger partial charge in [-0.25, -0.2) is 4.79 Å². The molecule has 0 aliphatic heterocycles. The van der Waals surface area contributed by atoms with Gasteiger partial charge in [0.05, 0.1) is 12.2 Å². The summed E-state index contributed by atoms with van der Waals surface area (Å²) >= 11 is 0. The van der Waals surface area contributed by atoms with Crippen LogP contribution in [0.4, 0.5) is 0 Å².